The van der Waals surface area contributed by atoms with Gasteiger partial charge in [0.25, 0.3) is 5.56 Å². The first-order chi connectivity index (χ1) is 13.2. The van der Waals surface area contributed by atoms with Gasteiger partial charge < -0.3 is 5.32 Å². The van der Waals surface area contributed by atoms with Crippen LogP contribution in [0.3, 0.4) is 0 Å². The topological polar surface area (TPSA) is 70.7 Å². The molecule has 3 aromatic rings. The Bertz CT molecular complexity index is 1150. The van der Waals surface area contributed by atoms with Gasteiger partial charge in [-0.15, -0.1) is 0 Å². The number of aromatic nitrogens is 2. The molecule has 5 nitrogen and oxygen atoms in total. The molecule has 0 amide bonds. The Morgan fingerprint density at radius 2 is 2.19 bits per heavy atom. The normalized spacial score (nSPS) is 23.6. The van der Waals surface area contributed by atoms with Gasteiger partial charge in [0, 0.05) is 11.6 Å². The fourth-order valence-electron chi connectivity index (χ4n) is 4.66. The van der Waals surface area contributed by atoms with Gasteiger partial charge in [-0.25, -0.2) is 0 Å². The average molecular weight is 397 g/mol. The van der Waals surface area contributed by atoms with Crippen molar-refractivity contribution in [1.29, 1.82) is 5.26 Å². The van der Waals surface area contributed by atoms with Gasteiger partial charge in [-0.2, -0.15) is 5.26 Å². The molecule has 0 saturated heterocycles. The second-order valence-electron chi connectivity index (χ2n) is 7.40. The van der Waals surface area contributed by atoms with Crippen molar-refractivity contribution in [3.63, 3.8) is 0 Å². The summed E-state index contributed by atoms with van der Waals surface area (Å²) < 4.78 is 1.82. The van der Waals surface area contributed by atoms with Crippen LogP contribution in [0.1, 0.15) is 37.3 Å². The summed E-state index contributed by atoms with van der Waals surface area (Å²) in [5.41, 5.74) is 1.47. The highest BCUT2D eigenvalue weighted by molar-refractivity contribution is 7.11. The quantitative estimate of drug-likeness (QED) is 0.669. The van der Waals surface area contributed by atoms with Gasteiger partial charge in [0.15, 0.2) is 5.56 Å². The first-order valence-corrected chi connectivity index (χ1v) is 10.3. The number of nitrogens with zero attached hydrogens (tertiary/aromatic N) is 3. The number of fused-ring (bicyclic) bond motifs is 3. The zero-order valence-corrected chi connectivity index (χ0v) is 16.1. The Morgan fingerprint density at radius 1 is 1.30 bits per heavy atom. The lowest BCUT2D eigenvalue weighted by Crippen LogP contribution is -2.24. The smallest absolute Gasteiger partial charge is 0.281 e. The number of hydrogen-bond donors (Lipinski definition) is 1. The summed E-state index contributed by atoms with van der Waals surface area (Å²) in [7, 11) is 0. The Balaban J connectivity index is 1.59. The minimum Gasteiger partial charge on any atom is -0.343 e. The highest BCUT2D eigenvalue weighted by atomic mass is 35.5. The lowest BCUT2D eigenvalue weighted by molar-refractivity contribution is 0.341. The van der Waals surface area contributed by atoms with Crippen LogP contribution in [0.4, 0.5) is 10.7 Å². The molecule has 3 atom stereocenters. The van der Waals surface area contributed by atoms with Crippen molar-refractivity contribution >= 4 is 44.7 Å². The zero-order valence-electron chi connectivity index (χ0n) is 14.5. The highest BCUT2D eigenvalue weighted by Gasteiger charge is 2.42. The zero-order chi connectivity index (χ0) is 18.5. The van der Waals surface area contributed by atoms with Crippen molar-refractivity contribution < 1.29 is 0 Å². The molecule has 7 heteroatoms. The first-order valence-electron chi connectivity index (χ1n) is 9.12. The SMILES string of the molecule is N#Cc1c(Nc2c(Cl)ccc3ncccc23)sn(C2C[C@@H]3CC[C@@H]2C3)c1=O. The van der Waals surface area contributed by atoms with Crippen molar-refractivity contribution in [2.24, 2.45) is 11.8 Å². The molecule has 1 aromatic carbocycles. The monoisotopic (exact) mass is 396 g/mol. The number of halogens is 1. The number of nitriles is 1. The van der Waals surface area contributed by atoms with E-state index in [-0.39, 0.29) is 17.2 Å². The summed E-state index contributed by atoms with van der Waals surface area (Å²) in [4.78, 5) is 17.2. The van der Waals surface area contributed by atoms with E-state index in [4.69, 9.17) is 11.6 Å². The lowest BCUT2D eigenvalue weighted by atomic mass is 9.96. The standard InChI is InChI=1S/C20H17ClN4OS/c21-15-5-6-16-13(2-1-7-23-16)18(15)24-19-14(10-22)20(26)25(27-19)17-9-11-3-4-12(17)8-11/h1-2,5-7,11-12,17,24H,3-4,8-9H2/t11-,12-,17?/m1/s1. The predicted octanol–water partition coefficient (Wildman–Crippen LogP) is 5.09. The van der Waals surface area contributed by atoms with E-state index >= 15 is 0 Å². The van der Waals surface area contributed by atoms with Gasteiger partial charge in [-0.1, -0.05) is 18.0 Å². The molecule has 1 unspecified atom stereocenters. The summed E-state index contributed by atoms with van der Waals surface area (Å²) >= 11 is 7.77. The number of benzene rings is 1. The van der Waals surface area contributed by atoms with Crippen molar-refractivity contribution in [3.05, 3.63) is 51.4 Å². The van der Waals surface area contributed by atoms with E-state index in [9.17, 15) is 10.1 Å². The average Bonchev–Trinajstić information content (AvgIpc) is 3.38. The predicted molar refractivity (Wildman–Crippen MR) is 108 cm³/mol. The van der Waals surface area contributed by atoms with Gasteiger partial charge in [0.1, 0.15) is 11.1 Å². The molecule has 2 fully saturated rings. The van der Waals surface area contributed by atoms with Gasteiger partial charge in [-0.05, 0) is 66.9 Å². The van der Waals surface area contributed by atoms with E-state index in [1.165, 1.54) is 30.8 Å². The fraction of sp³-hybridized carbons (Fsp3) is 0.350. The molecule has 136 valence electrons. The summed E-state index contributed by atoms with van der Waals surface area (Å²) in [6, 6.07) is 9.74. The maximum absolute atomic E-state index is 12.9. The van der Waals surface area contributed by atoms with E-state index in [2.05, 4.69) is 16.4 Å². The number of hydrogen-bond acceptors (Lipinski definition) is 5. The Hall–Kier alpha value is -2.36. The molecule has 5 rings (SSSR count). The van der Waals surface area contributed by atoms with E-state index in [0.717, 1.165) is 23.2 Å². The number of anilines is 2. The molecule has 0 spiro atoms. The molecular weight excluding hydrogens is 380 g/mol. The molecule has 2 bridgehead atoms. The van der Waals surface area contributed by atoms with Crippen LogP contribution in [-0.2, 0) is 0 Å². The van der Waals surface area contributed by atoms with Crippen LogP contribution in [0.2, 0.25) is 5.02 Å². The Labute approximate surface area is 165 Å². The van der Waals surface area contributed by atoms with Crippen LogP contribution < -0.4 is 10.9 Å². The first kappa shape index (κ1) is 16.8. The molecule has 2 aliphatic carbocycles. The van der Waals surface area contributed by atoms with Crippen LogP contribution in [0.25, 0.3) is 10.9 Å². The van der Waals surface area contributed by atoms with Gasteiger partial charge in [0.2, 0.25) is 0 Å². The maximum Gasteiger partial charge on any atom is 0.281 e. The number of pyridine rings is 1. The molecule has 0 radical (unpaired) electrons. The minimum absolute atomic E-state index is 0.166. The Kier molecular flexibility index (Phi) is 3.96. The molecular formula is C20H17ClN4OS. The third-order valence-corrected chi connectivity index (χ3v) is 7.35. The number of nitrogens with one attached hydrogen (secondary N) is 1. The second kappa shape index (κ2) is 6.36. The van der Waals surface area contributed by atoms with E-state index < -0.39 is 0 Å². The van der Waals surface area contributed by atoms with Crippen molar-refractivity contribution in [3.8, 4) is 6.07 Å². The maximum atomic E-state index is 12.9. The van der Waals surface area contributed by atoms with Crippen molar-refractivity contribution in [2.45, 2.75) is 31.7 Å². The molecule has 2 heterocycles. The van der Waals surface area contributed by atoms with Crippen LogP contribution in [0.5, 0.6) is 0 Å². The van der Waals surface area contributed by atoms with E-state index in [1.54, 1.807) is 12.3 Å². The molecule has 27 heavy (non-hydrogen) atoms. The van der Waals surface area contributed by atoms with Gasteiger partial charge in [-0.3, -0.25) is 13.7 Å². The van der Waals surface area contributed by atoms with Crippen LogP contribution in [0.15, 0.2) is 35.3 Å². The van der Waals surface area contributed by atoms with Gasteiger partial charge >= 0.3 is 0 Å². The van der Waals surface area contributed by atoms with Crippen LogP contribution in [-0.4, -0.2) is 8.94 Å². The highest BCUT2D eigenvalue weighted by Crippen LogP contribution is 2.51. The number of rotatable bonds is 3. The summed E-state index contributed by atoms with van der Waals surface area (Å²) in [5, 5.41) is 14.8. The fourth-order valence-corrected chi connectivity index (χ4v) is 6.01. The molecule has 0 aliphatic heterocycles. The molecule has 2 aromatic heterocycles. The lowest BCUT2D eigenvalue weighted by Gasteiger charge is -2.21. The van der Waals surface area contributed by atoms with Crippen LogP contribution in [0, 0.1) is 23.2 Å². The molecule has 2 saturated carbocycles. The largest absolute Gasteiger partial charge is 0.343 e. The minimum atomic E-state index is -0.183. The molecule has 2 aliphatic rings. The summed E-state index contributed by atoms with van der Waals surface area (Å²) in [6.45, 7) is 0. The Morgan fingerprint density at radius 3 is 2.93 bits per heavy atom. The summed E-state index contributed by atoms with van der Waals surface area (Å²) in [6.07, 6.45) is 6.45. The second-order valence-corrected chi connectivity index (χ2v) is 8.79. The summed E-state index contributed by atoms with van der Waals surface area (Å²) in [5.74, 6) is 1.30. The van der Waals surface area contributed by atoms with Crippen molar-refractivity contribution in [2.75, 3.05) is 5.32 Å². The third kappa shape index (κ3) is 2.65. The van der Waals surface area contributed by atoms with E-state index in [1.807, 2.05) is 22.2 Å². The van der Waals surface area contributed by atoms with Crippen LogP contribution >= 0.6 is 23.1 Å². The van der Waals surface area contributed by atoms with E-state index in [0.29, 0.717) is 21.6 Å². The molecule has 1 N–H and O–H groups in total. The third-order valence-electron chi connectivity index (χ3n) is 5.92. The van der Waals surface area contributed by atoms with Gasteiger partial charge in [0.05, 0.1) is 22.3 Å². The van der Waals surface area contributed by atoms with Crippen molar-refractivity contribution in [1.82, 2.24) is 8.94 Å².